The van der Waals surface area contributed by atoms with E-state index in [1.807, 2.05) is 18.2 Å². The molecule has 1 unspecified atom stereocenters. The number of benzene rings is 3. The van der Waals surface area contributed by atoms with Crippen LogP contribution in [0.4, 0.5) is 16.0 Å². The van der Waals surface area contributed by atoms with Gasteiger partial charge in [0.1, 0.15) is 5.82 Å². The van der Waals surface area contributed by atoms with Crippen molar-refractivity contribution in [3.05, 3.63) is 83.3 Å². The van der Waals surface area contributed by atoms with Crippen LogP contribution in [0.3, 0.4) is 0 Å². The number of amides is 1. The van der Waals surface area contributed by atoms with Crippen molar-refractivity contribution in [2.45, 2.75) is 44.6 Å². The number of fused-ring (bicyclic) bond motifs is 2. The Labute approximate surface area is 222 Å². The fraction of sp³-hybridized carbons (Fsp3) is 0.323. The van der Waals surface area contributed by atoms with Crippen molar-refractivity contribution < 1.29 is 9.18 Å². The van der Waals surface area contributed by atoms with Gasteiger partial charge in [-0.25, -0.2) is 14.4 Å². The first-order valence-electron chi connectivity index (χ1n) is 13.5. The summed E-state index contributed by atoms with van der Waals surface area (Å²) in [6, 6.07) is 17.7. The first-order valence-corrected chi connectivity index (χ1v) is 13.5. The van der Waals surface area contributed by atoms with E-state index in [0.717, 1.165) is 40.6 Å². The summed E-state index contributed by atoms with van der Waals surface area (Å²) in [7, 11) is 1.49. The third kappa shape index (κ3) is 4.86. The molecule has 1 aliphatic carbocycles. The molecule has 0 bridgehead atoms. The van der Waals surface area contributed by atoms with Crippen molar-refractivity contribution in [1.29, 1.82) is 0 Å². The summed E-state index contributed by atoms with van der Waals surface area (Å²) < 4.78 is 14.3. The van der Waals surface area contributed by atoms with Crippen LogP contribution in [0, 0.1) is 5.82 Å². The molecule has 38 heavy (non-hydrogen) atoms. The molecule has 1 amide bonds. The zero-order valence-electron chi connectivity index (χ0n) is 21.6. The first kappa shape index (κ1) is 24.5. The maximum Gasteiger partial charge on any atom is 0.254 e. The van der Waals surface area contributed by atoms with Crippen LogP contribution in [0.5, 0.6) is 0 Å². The van der Waals surface area contributed by atoms with E-state index in [0.29, 0.717) is 12.0 Å². The summed E-state index contributed by atoms with van der Waals surface area (Å²) in [5, 5.41) is 6.77. The number of hydrogen-bond donors (Lipinski definition) is 2. The number of nitrogens with zero attached hydrogens (tertiary/aromatic N) is 3. The molecule has 1 aromatic heterocycles. The predicted molar refractivity (Wildman–Crippen MR) is 149 cm³/mol. The third-order valence-corrected chi connectivity index (χ3v) is 7.97. The number of carbonyl (C=O) groups is 1. The van der Waals surface area contributed by atoms with E-state index in [9.17, 15) is 9.18 Å². The number of carbonyl (C=O) groups excluding carboxylic acids is 1. The molecule has 0 radical (unpaired) electrons. The van der Waals surface area contributed by atoms with Gasteiger partial charge < -0.3 is 15.5 Å². The lowest BCUT2D eigenvalue weighted by atomic mass is 10.00. The molecule has 0 spiro atoms. The molecule has 0 saturated carbocycles. The Hall–Kier alpha value is -3.84. The van der Waals surface area contributed by atoms with Gasteiger partial charge in [-0.05, 0) is 92.6 Å². The molecule has 194 valence electrons. The van der Waals surface area contributed by atoms with Crippen molar-refractivity contribution in [1.82, 2.24) is 20.2 Å². The van der Waals surface area contributed by atoms with E-state index in [4.69, 9.17) is 4.98 Å². The summed E-state index contributed by atoms with van der Waals surface area (Å²) in [4.78, 5) is 24.2. The Morgan fingerprint density at radius 3 is 2.63 bits per heavy atom. The Bertz CT molecular complexity index is 1500. The van der Waals surface area contributed by atoms with E-state index in [1.165, 1.54) is 63.0 Å². The van der Waals surface area contributed by atoms with Gasteiger partial charge in [-0.3, -0.25) is 4.79 Å². The smallest absolute Gasteiger partial charge is 0.254 e. The number of hydrogen-bond acceptors (Lipinski definition) is 5. The molecule has 1 fully saturated rings. The van der Waals surface area contributed by atoms with Crippen LogP contribution >= 0.6 is 0 Å². The molecule has 2 heterocycles. The SMILES string of the molecule is CNC(=O)c1cc(-c2cccc3cnc(Nc4ccc5c(c4)CCC(N4CCCC4)CC5)nc23)ccc1F. The Kier molecular flexibility index (Phi) is 6.77. The van der Waals surface area contributed by atoms with Crippen LogP contribution in [0.15, 0.2) is 60.8 Å². The predicted octanol–water partition coefficient (Wildman–Crippen LogP) is 5.88. The fourth-order valence-corrected chi connectivity index (χ4v) is 5.92. The number of aromatic nitrogens is 2. The molecule has 6 rings (SSSR count). The number of rotatable bonds is 5. The second-order valence-corrected chi connectivity index (χ2v) is 10.3. The van der Waals surface area contributed by atoms with E-state index < -0.39 is 11.7 Å². The lowest BCUT2D eigenvalue weighted by Crippen LogP contribution is -2.32. The van der Waals surface area contributed by atoms with Crippen LogP contribution in [-0.2, 0) is 12.8 Å². The number of para-hydroxylation sites is 1. The van der Waals surface area contributed by atoms with E-state index in [1.54, 1.807) is 18.3 Å². The molecule has 1 atom stereocenters. The van der Waals surface area contributed by atoms with E-state index in [2.05, 4.69) is 38.7 Å². The topological polar surface area (TPSA) is 70.2 Å². The molecule has 6 nitrogen and oxygen atoms in total. The number of likely N-dealkylation sites (tertiary alicyclic amines) is 1. The largest absolute Gasteiger partial charge is 0.355 e. The van der Waals surface area contributed by atoms with Gasteiger partial charge in [0.05, 0.1) is 11.1 Å². The number of halogens is 1. The summed E-state index contributed by atoms with van der Waals surface area (Å²) in [5.41, 5.74) is 6.11. The maximum absolute atomic E-state index is 14.3. The van der Waals surface area contributed by atoms with Crippen LogP contribution in [0.2, 0.25) is 0 Å². The molecule has 4 aromatic rings. The molecule has 1 saturated heterocycles. The van der Waals surface area contributed by atoms with Crippen LogP contribution < -0.4 is 10.6 Å². The van der Waals surface area contributed by atoms with Gasteiger partial charge in [0.25, 0.3) is 5.91 Å². The lowest BCUT2D eigenvalue weighted by molar-refractivity contribution is 0.0959. The highest BCUT2D eigenvalue weighted by atomic mass is 19.1. The standard InChI is InChI=1S/C31H32FN5O/c1-33-30(38)27-18-22(10-14-28(27)32)26-6-4-5-23-19-34-31(36-29(23)26)35-24-11-7-20-8-12-25(13-9-21(20)17-24)37-15-2-3-16-37/h4-7,10-11,14,17-19,25H,2-3,8-9,12-13,15-16H2,1H3,(H,33,38)(H,34,35,36). The lowest BCUT2D eigenvalue weighted by Gasteiger charge is -2.25. The van der Waals surface area contributed by atoms with Crippen LogP contribution in [-0.4, -0.2) is 47.0 Å². The van der Waals surface area contributed by atoms with Gasteiger partial charge in [0.15, 0.2) is 0 Å². The second-order valence-electron chi connectivity index (χ2n) is 10.3. The number of nitrogens with one attached hydrogen (secondary N) is 2. The first-order chi connectivity index (χ1) is 18.6. The monoisotopic (exact) mass is 509 g/mol. The van der Waals surface area contributed by atoms with Gasteiger partial charge >= 0.3 is 0 Å². The summed E-state index contributed by atoms with van der Waals surface area (Å²) in [5.74, 6) is -0.515. The van der Waals surface area contributed by atoms with Gasteiger partial charge in [-0.2, -0.15) is 0 Å². The molecule has 2 N–H and O–H groups in total. The second kappa shape index (κ2) is 10.5. The highest BCUT2D eigenvalue weighted by Crippen LogP contribution is 2.31. The van der Waals surface area contributed by atoms with Gasteiger partial charge in [0.2, 0.25) is 5.95 Å². The zero-order chi connectivity index (χ0) is 26.1. The molecule has 1 aliphatic heterocycles. The van der Waals surface area contributed by atoms with Gasteiger partial charge in [-0.15, -0.1) is 0 Å². The highest BCUT2D eigenvalue weighted by molar-refractivity contribution is 5.98. The number of aryl methyl sites for hydroxylation is 2. The van der Waals surface area contributed by atoms with Crippen LogP contribution in [0.25, 0.3) is 22.0 Å². The Balaban J connectivity index is 1.27. The van der Waals surface area contributed by atoms with E-state index >= 15 is 0 Å². The van der Waals surface area contributed by atoms with E-state index in [-0.39, 0.29) is 5.56 Å². The minimum absolute atomic E-state index is 0.00588. The number of anilines is 2. The normalized spacial score (nSPS) is 17.7. The van der Waals surface area contributed by atoms with Crippen molar-refractivity contribution in [3.63, 3.8) is 0 Å². The molecular formula is C31H32FN5O. The van der Waals surface area contributed by atoms with Crippen molar-refractivity contribution in [3.8, 4) is 11.1 Å². The third-order valence-electron chi connectivity index (χ3n) is 7.97. The van der Waals surface area contributed by atoms with Crippen molar-refractivity contribution in [2.75, 3.05) is 25.5 Å². The zero-order valence-corrected chi connectivity index (χ0v) is 21.6. The molecule has 3 aromatic carbocycles. The minimum atomic E-state index is -0.555. The fourth-order valence-electron chi connectivity index (χ4n) is 5.92. The molecule has 2 aliphatic rings. The maximum atomic E-state index is 14.3. The van der Waals surface area contributed by atoms with Gasteiger partial charge in [-0.1, -0.05) is 30.3 Å². The Morgan fingerprint density at radius 2 is 1.82 bits per heavy atom. The highest BCUT2D eigenvalue weighted by Gasteiger charge is 2.24. The average Bonchev–Trinajstić information content (AvgIpc) is 3.40. The minimum Gasteiger partial charge on any atom is -0.355 e. The van der Waals surface area contributed by atoms with Crippen molar-refractivity contribution in [2.24, 2.45) is 0 Å². The van der Waals surface area contributed by atoms with Crippen molar-refractivity contribution >= 4 is 28.4 Å². The van der Waals surface area contributed by atoms with Crippen LogP contribution in [0.1, 0.15) is 47.2 Å². The Morgan fingerprint density at radius 1 is 1.00 bits per heavy atom. The summed E-state index contributed by atoms with van der Waals surface area (Å²) >= 11 is 0. The summed E-state index contributed by atoms with van der Waals surface area (Å²) in [6.45, 7) is 2.50. The summed E-state index contributed by atoms with van der Waals surface area (Å²) in [6.07, 6.45) is 9.13. The quantitative estimate of drug-likeness (QED) is 0.329. The van der Waals surface area contributed by atoms with Gasteiger partial charge in [0, 0.05) is 35.9 Å². The molecular weight excluding hydrogens is 477 g/mol. The average molecular weight is 510 g/mol. The molecule has 7 heteroatoms.